The molecule has 0 N–H and O–H groups in total. The Morgan fingerprint density at radius 1 is 1.21 bits per heavy atom. The van der Waals surface area contributed by atoms with E-state index in [2.05, 4.69) is 24.8 Å². The highest BCUT2D eigenvalue weighted by Gasteiger charge is 2.06. The van der Waals surface area contributed by atoms with E-state index >= 15 is 0 Å². The quantitative estimate of drug-likeness (QED) is 0.639. The Labute approximate surface area is 116 Å². The van der Waals surface area contributed by atoms with E-state index in [1.807, 2.05) is 30.3 Å². The standard InChI is InChI=1S/C16H24N2O/c1-15(2)14-18(11-6-10-17)12-7-13-19-16-8-4-3-5-9-16/h3-5,8-9,15H,6-7,11-14H2,1-2H3. The number of ether oxygens (including phenoxy) is 1. The third-order valence-electron chi connectivity index (χ3n) is 2.79. The van der Waals surface area contributed by atoms with Crippen molar-refractivity contribution in [1.29, 1.82) is 5.26 Å². The molecule has 3 heteroatoms. The maximum Gasteiger partial charge on any atom is 0.119 e. The fourth-order valence-corrected chi connectivity index (χ4v) is 2.01. The van der Waals surface area contributed by atoms with Crippen LogP contribution in [0.3, 0.4) is 0 Å². The lowest BCUT2D eigenvalue weighted by Gasteiger charge is -2.23. The highest BCUT2D eigenvalue weighted by molar-refractivity contribution is 5.20. The van der Waals surface area contributed by atoms with Gasteiger partial charge in [-0.25, -0.2) is 0 Å². The van der Waals surface area contributed by atoms with E-state index < -0.39 is 0 Å². The van der Waals surface area contributed by atoms with Crippen molar-refractivity contribution in [2.45, 2.75) is 26.7 Å². The van der Waals surface area contributed by atoms with Gasteiger partial charge in [0.2, 0.25) is 0 Å². The molecule has 0 heterocycles. The van der Waals surface area contributed by atoms with E-state index in [0.717, 1.165) is 38.4 Å². The number of nitriles is 1. The molecule has 3 nitrogen and oxygen atoms in total. The molecule has 0 amide bonds. The van der Waals surface area contributed by atoms with Crippen LogP contribution < -0.4 is 4.74 Å². The first-order chi connectivity index (χ1) is 9.22. The zero-order valence-corrected chi connectivity index (χ0v) is 12.0. The summed E-state index contributed by atoms with van der Waals surface area (Å²) in [6.45, 7) is 8.05. The second kappa shape index (κ2) is 9.41. The molecule has 0 bridgehead atoms. The summed E-state index contributed by atoms with van der Waals surface area (Å²) < 4.78 is 5.67. The summed E-state index contributed by atoms with van der Waals surface area (Å²) in [5.41, 5.74) is 0. The summed E-state index contributed by atoms with van der Waals surface area (Å²) >= 11 is 0. The van der Waals surface area contributed by atoms with Gasteiger partial charge >= 0.3 is 0 Å². The molecule has 0 atom stereocenters. The van der Waals surface area contributed by atoms with E-state index in [-0.39, 0.29) is 0 Å². The molecule has 0 unspecified atom stereocenters. The minimum absolute atomic E-state index is 0.603. The molecule has 0 saturated carbocycles. The molecule has 0 aliphatic carbocycles. The summed E-state index contributed by atoms with van der Waals surface area (Å²) in [4.78, 5) is 2.35. The molecule has 0 aliphatic rings. The molecule has 1 aromatic carbocycles. The average Bonchev–Trinajstić information content (AvgIpc) is 2.41. The normalized spacial score (nSPS) is 10.7. The van der Waals surface area contributed by atoms with Gasteiger partial charge in [0.05, 0.1) is 12.7 Å². The Kier molecular flexibility index (Phi) is 7.69. The Morgan fingerprint density at radius 2 is 1.95 bits per heavy atom. The van der Waals surface area contributed by atoms with Crippen LogP contribution in [0.4, 0.5) is 0 Å². The number of hydrogen-bond acceptors (Lipinski definition) is 3. The molecule has 104 valence electrons. The van der Waals surface area contributed by atoms with Gasteiger partial charge in [-0.15, -0.1) is 0 Å². The summed E-state index contributed by atoms with van der Waals surface area (Å²) in [5, 5.41) is 8.67. The number of benzene rings is 1. The number of hydrogen-bond donors (Lipinski definition) is 0. The van der Waals surface area contributed by atoms with Gasteiger partial charge in [-0.2, -0.15) is 5.26 Å². The van der Waals surface area contributed by atoms with Crippen LogP contribution in [0.15, 0.2) is 30.3 Å². The summed E-state index contributed by atoms with van der Waals surface area (Å²) in [6.07, 6.45) is 1.60. The zero-order valence-electron chi connectivity index (χ0n) is 12.0. The van der Waals surface area contributed by atoms with Crippen LogP contribution in [0.25, 0.3) is 0 Å². The lowest BCUT2D eigenvalue weighted by Crippen LogP contribution is -2.30. The molecular weight excluding hydrogens is 236 g/mol. The maximum atomic E-state index is 8.67. The fraction of sp³-hybridized carbons (Fsp3) is 0.562. The summed E-state index contributed by atoms with van der Waals surface area (Å²) in [5.74, 6) is 1.56. The van der Waals surface area contributed by atoms with Gasteiger partial charge < -0.3 is 9.64 Å². The second-order valence-electron chi connectivity index (χ2n) is 5.12. The first-order valence-corrected chi connectivity index (χ1v) is 6.99. The largest absolute Gasteiger partial charge is 0.494 e. The third-order valence-corrected chi connectivity index (χ3v) is 2.79. The van der Waals surface area contributed by atoms with Crippen molar-refractivity contribution in [2.75, 3.05) is 26.2 Å². The fourth-order valence-electron chi connectivity index (χ4n) is 2.01. The summed E-state index contributed by atoms with van der Waals surface area (Å²) in [6, 6.07) is 12.1. The van der Waals surface area contributed by atoms with Crippen LogP contribution in [-0.4, -0.2) is 31.1 Å². The lowest BCUT2D eigenvalue weighted by atomic mass is 10.2. The van der Waals surface area contributed by atoms with Crippen molar-refractivity contribution in [1.82, 2.24) is 4.90 Å². The van der Waals surface area contributed by atoms with Gasteiger partial charge in [0.25, 0.3) is 0 Å². The van der Waals surface area contributed by atoms with Gasteiger partial charge in [0.15, 0.2) is 0 Å². The first-order valence-electron chi connectivity index (χ1n) is 6.99. The van der Waals surface area contributed by atoms with Crippen LogP contribution in [0, 0.1) is 17.2 Å². The van der Waals surface area contributed by atoms with Crippen LogP contribution >= 0.6 is 0 Å². The molecule has 0 spiro atoms. The molecule has 0 aliphatic heterocycles. The van der Waals surface area contributed by atoms with Gasteiger partial charge in [0, 0.05) is 26.1 Å². The molecular formula is C16H24N2O. The number of nitrogens with zero attached hydrogens (tertiary/aromatic N) is 2. The monoisotopic (exact) mass is 260 g/mol. The molecule has 19 heavy (non-hydrogen) atoms. The highest BCUT2D eigenvalue weighted by atomic mass is 16.5. The van der Waals surface area contributed by atoms with Gasteiger partial charge in [-0.3, -0.25) is 0 Å². The van der Waals surface area contributed by atoms with Crippen molar-refractivity contribution in [3.05, 3.63) is 30.3 Å². The second-order valence-corrected chi connectivity index (χ2v) is 5.12. The predicted molar refractivity (Wildman–Crippen MR) is 78.1 cm³/mol. The van der Waals surface area contributed by atoms with Crippen LogP contribution in [0.5, 0.6) is 5.75 Å². The first kappa shape index (κ1) is 15.5. The Bertz CT molecular complexity index is 370. The number of para-hydroxylation sites is 1. The number of rotatable bonds is 9. The molecule has 0 radical (unpaired) electrons. The van der Waals surface area contributed by atoms with Crippen molar-refractivity contribution >= 4 is 0 Å². The van der Waals surface area contributed by atoms with E-state index in [0.29, 0.717) is 12.3 Å². The van der Waals surface area contributed by atoms with Crippen molar-refractivity contribution in [3.8, 4) is 11.8 Å². The SMILES string of the molecule is CC(C)CN(CCC#N)CCCOc1ccccc1. The van der Waals surface area contributed by atoms with Crippen molar-refractivity contribution in [2.24, 2.45) is 5.92 Å². The summed E-state index contributed by atoms with van der Waals surface area (Å²) in [7, 11) is 0. The molecule has 0 aromatic heterocycles. The van der Waals surface area contributed by atoms with E-state index in [1.165, 1.54) is 0 Å². The predicted octanol–water partition coefficient (Wildman–Crippen LogP) is 3.33. The average molecular weight is 260 g/mol. The van der Waals surface area contributed by atoms with Crippen LogP contribution in [-0.2, 0) is 0 Å². The molecule has 1 aromatic rings. The smallest absolute Gasteiger partial charge is 0.119 e. The molecule has 0 saturated heterocycles. The Morgan fingerprint density at radius 3 is 2.58 bits per heavy atom. The molecule has 0 fully saturated rings. The maximum absolute atomic E-state index is 8.67. The van der Waals surface area contributed by atoms with Gasteiger partial charge in [0.1, 0.15) is 5.75 Å². The van der Waals surface area contributed by atoms with Crippen molar-refractivity contribution < 1.29 is 4.74 Å². The molecule has 1 rings (SSSR count). The highest BCUT2D eigenvalue weighted by Crippen LogP contribution is 2.09. The lowest BCUT2D eigenvalue weighted by molar-refractivity contribution is 0.219. The van der Waals surface area contributed by atoms with Gasteiger partial charge in [-0.05, 0) is 24.5 Å². The minimum Gasteiger partial charge on any atom is -0.494 e. The van der Waals surface area contributed by atoms with Crippen LogP contribution in [0.1, 0.15) is 26.7 Å². The van der Waals surface area contributed by atoms with Crippen molar-refractivity contribution in [3.63, 3.8) is 0 Å². The Balaban J connectivity index is 2.22. The van der Waals surface area contributed by atoms with E-state index in [9.17, 15) is 0 Å². The van der Waals surface area contributed by atoms with Gasteiger partial charge in [-0.1, -0.05) is 32.0 Å². The van der Waals surface area contributed by atoms with E-state index in [1.54, 1.807) is 0 Å². The topological polar surface area (TPSA) is 36.3 Å². The third kappa shape index (κ3) is 7.48. The zero-order chi connectivity index (χ0) is 13.9. The van der Waals surface area contributed by atoms with Crippen LogP contribution in [0.2, 0.25) is 0 Å². The minimum atomic E-state index is 0.603. The van der Waals surface area contributed by atoms with E-state index in [4.69, 9.17) is 10.00 Å². The Hall–Kier alpha value is -1.53.